The molecule has 0 aliphatic carbocycles. The minimum atomic E-state index is -1.13. The monoisotopic (exact) mass is 286 g/mol. The predicted molar refractivity (Wildman–Crippen MR) is 85.6 cm³/mol. The van der Waals surface area contributed by atoms with Crippen molar-refractivity contribution in [3.05, 3.63) is 0 Å². The highest BCUT2D eigenvalue weighted by atomic mass is 27.2. The minimum absolute atomic E-state index is 0.0431. The van der Waals surface area contributed by atoms with Crippen LogP contribution in [0.4, 0.5) is 0 Å². The lowest BCUT2D eigenvalue weighted by Gasteiger charge is -2.25. The van der Waals surface area contributed by atoms with Crippen molar-refractivity contribution in [1.29, 1.82) is 0 Å². The molecule has 0 heterocycles. The Morgan fingerprint density at radius 2 is 1.37 bits per heavy atom. The van der Waals surface area contributed by atoms with Crippen molar-refractivity contribution in [3.8, 4) is 0 Å². The maximum atomic E-state index is 6.38. The lowest BCUT2D eigenvalue weighted by atomic mass is 10.2. The Balaban J connectivity index is 4.35. The molecule has 0 spiro atoms. The first-order valence-corrected chi connectivity index (χ1v) is 10.2. The van der Waals surface area contributed by atoms with E-state index in [9.17, 15) is 0 Å². The van der Waals surface area contributed by atoms with Crippen molar-refractivity contribution in [2.24, 2.45) is 17.8 Å². The molecule has 0 aliphatic heterocycles. The average Bonchev–Trinajstić information content (AvgIpc) is 2.24. The molecule has 2 nitrogen and oxygen atoms in total. The van der Waals surface area contributed by atoms with Crippen LogP contribution in [0.25, 0.3) is 0 Å². The predicted octanol–water partition coefficient (Wildman–Crippen LogP) is 5.11. The fraction of sp³-hybridized carbons (Fsp3) is 1.00. The third-order valence-corrected chi connectivity index (χ3v) is 6.58. The lowest BCUT2D eigenvalue weighted by Crippen LogP contribution is -2.31. The zero-order chi connectivity index (χ0) is 14.8. The molecule has 114 valence electrons. The number of ether oxygens (including phenoxy) is 1. The standard InChI is InChI=1S/C8H17O2.2C4H9.Al/c1-4-5-8(9)10-6-7(2)3;2*1-4(2)3;/h7-8H,4-6H2,1-3H3;2*4H,1H2,2-3H3;/q-1;;;+1. The Labute approximate surface area is 126 Å². The maximum absolute atomic E-state index is 6.38. The summed E-state index contributed by atoms with van der Waals surface area (Å²) < 4.78 is 12.3. The highest BCUT2D eigenvalue weighted by Gasteiger charge is 2.26. The van der Waals surface area contributed by atoms with E-state index in [-0.39, 0.29) is 6.29 Å². The smallest absolute Gasteiger partial charge is 0.463 e. The highest BCUT2D eigenvalue weighted by Crippen LogP contribution is 2.19. The Kier molecular flexibility index (Phi) is 11.4. The molecule has 0 rings (SSSR count). The van der Waals surface area contributed by atoms with Crippen LogP contribution in [0.2, 0.25) is 10.6 Å². The molecule has 0 fully saturated rings. The van der Waals surface area contributed by atoms with Gasteiger partial charge in [0.1, 0.15) is 6.29 Å². The van der Waals surface area contributed by atoms with Crippen LogP contribution in [0, 0.1) is 17.8 Å². The summed E-state index contributed by atoms with van der Waals surface area (Å²) >= 11 is -1.13. The third-order valence-electron chi connectivity index (χ3n) is 2.95. The third kappa shape index (κ3) is 11.9. The summed E-state index contributed by atoms with van der Waals surface area (Å²) in [6.45, 7) is 16.6. The fourth-order valence-corrected chi connectivity index (χ4v) is 5.36. The molecule has 0 radical (unpaired) electrons. The molecular weight excluding hydrogens is 251 g/mol. The van der Waals surface area contributed by atoms with Gasteiger partial charge in [0.2, 0.25) is 0 Å². The van der Waals surface area contributed by atoms with E-state index in [1.807, 2.05) is 0 Å². The lowest BCUT2D eigenvalue weighted by molar-refractivity contribution is -0.0964. The van der Waals surface area contributed by atoms with Crippen LogP contribution < -0.4 is 0 Å². The van der Waals surface area contributed by atoms with Gasteiger partial charge in [0.25, 0.3) is 0 Å². The summed E-state index contributed by atoms with van der Waals surface area (Å²) in [5.74, 6) is 2.06. The molecule has 3 heteroatoms. The normalized spacial score (nSPS) is 13.6. The van der Waals surface area contributed by atoms with Gasteiger partial charge < -0.3 is 8.53 Å². The van der Waals surface area contributed by atoms with E-state index in [0.29, 0.717) is 5.92 Å². The largest absolute Gasteiger partial charge is 0.478 e. The first kappa shape index (κ1) is 19.5. The van der Waals surface area contributed by atoms with Gasteiger partial charge >= 0.3 is 14.5 Å². The molecule has 19 heavy (non-hydrogen) atoms. The van der Waals surface area contributed by atoms with Crippen molar-refractivity contribution in [3.63, 3.8) is 0 Å². The van der Waals surface area contributed by atoms with E-state index in [4.69, 9.17) is 8.53 Å². The van der Waals surface area contributed by atoms with Gasteiger partial charge in [0.15, 0.2) is 0 Å². The van der Waals surface area contributed by atoms with Crippen LogP contribution in [0.5, 0.6) is 0 Å². The van der Waals surface area contributed by atoms with Crippen LogP contribution in [-0.2, 0) is 8.53 Å². The number of rotatable bonds is 11. The van der Waals surface area contributed by atoms with Gasteiger partial charge in [-0.3, -0.25) is 0 Å². The first-order valence-electron chi connectivity index (χ1n) is 8.12. The van der Waals surface area contributed by atoms with Crippen LogP contribution in [0.1, 0.15) is 61.3 Å². The van der Waals surface area contributed by atoms with E-state index in [0.717, 1.165) is 31.3 Å². The number of hydrogen-bond acceptors (Lipinski definition) is 2. The molecule has 1 unspecified atom stereocenters. The van der Waals surface area contributed by atoms with Gasteiger partial charge in [-0.2, -0.15) is 0 Å². The molecule has 0 N–H and O–H groups in total. The molecule has 0 saturated carbocycles. The van der Waals surface area contributed by atoms with Gasteiger partial charge in [0, 0.05) is 0 Å². The molecule has 0 aromatic heterocycles. The van der Waals surface area contributed by atoms with Crippen LogP contribution in [0.15, 0.2) is 0 Å². The SMILES string of the molecule is CCCC(OCC(C)C)[O][Al]([CH2]C(C)C)[CH2]C(C)C. The van der Waals surface area contributed by atoms with E-state index in [2.05, 4.69) is 48.5 Å². The summed E-state index contributed by atoms with van der Waals surface area (Å²) in [6, 6.07) is 0. The highest BCUT2D eigenvalue weighted by molar-refractivity contribution is 6.52. The second-order valence-electron chi connectivity index (χ2n) is 6.96. The van der Waals surface area contributed by atoms with Gasteiger partial charge in [-0.05, 0) is 12.3 Å². The van der Waals surface area contributed by atoms with Crippen LogP contribution in [0.3, 0.4) is 0 Å². The molecular formula is C16H35AlO2. The van der Waals surface area contributed by atoms with Gasteiger partial charge in [0.05, 0.1) is 6.61 Å². The summed E-state index contributed by atoms with van der Waals surface area (Å²) in [6.07, 6.45) is 2.21. The average molecular weight is 286 g/mol. The Morgan fingerprint density at radius 1 is 0.842 bits per heavy atom. The van der Waals surface area contributed by atoms with Crippen molar-refractivity contribution in [2.75, 3.05) is 6.61 Å². The molecule has 0 bridgehead atoms. The van der Waals surface area contributed by atoms with Crippen LogP contribution in [-0.4, -0.2) is 27.4 Å². The van der Waals surface area contributed by atoms with Gasteiger partial charge in [-0.1, -0.05) is 77.3 Å². The van der Waals surface area contributed by atoms with E-state index >= 15 is 0 Å². The van der Waals surface area contributed by atoms with Crippen molar-refractivity contribution in [2.45, 2.75) is 78.2 Å². The Hall–Kier alpha value is 0.452. The zero-order valence-electron chi connectivity index (χ0n) is 14.2. The molecule has 0 amide bonds. The second kappa shape index (κ2) is 11.1. The van der Waals surface area contributed by atoms with Crippen molar-refractivity contribution in [1.82, 2.24) is 0 Å². The summed E-state index contributed by atoms with van der Waals surface area (Å²) in [5, 5.41) is 2.53. The Bertz CT molecular complexity index is 195. The minimum Gasteiger partial charge on any atom is -0.478 e. The molecule has 0 aromatic carbocycles. The van der Waals surface area contributed by atoms with E-state index < -0.39 is 14.5 Å². The fourth-order valence-electron chi connectivity index (χ4n) is 2.20. The topological polar surface area (TPSA) is 18.5 Å². The first-order chi connectivity index (χ1) is 8.85. The van der Waals surface area contributed by atoms with E-state index in [1.54, 1.807) is 0 Å². The van der Waals surface area contributed by atoms with Crippen molar-refractivity contribution >= 4 is 14.5 Å². The maximum Gasteiger partial charge on any atom is 0.463 e. The van der Waals surface area contributed by atoms with E-state index in [1.165, 1.54) is 10.6 Å². The van der Waals surface area contributed by atoms with Gasteiger partial charge in [-0.15, -0.1) is 0 Å². The quantitative estimate of drug-likeness (QED) is 0.388. The zero-order valence-corrected chi connectivity index (χ0v) is 15.4. The van der Waals surface area contributed by atoms with Crippen LogP contribution >= 0.6 is 0 Å². The molecule has 1 atom stereocenters. The summed E-state index contributed by atoms with van der Waals surface area (Å²) in [7, 11) is 0. The Morgan fingerprint density at radius 3 is 1.74 bits per heavy atom. The molecule has 0 aliphatic rings. The summed E-state index contributed by atoms with van der Waals surface area (Å²) in [5.41, 5.74) is 0. The summed E-state index contributed by atoms with van der Waals surface area (Å²) in [4.78, 5) is 0. The number of hydrogen-bond donors (Lipinski definition) is 0. The molecule has 0 aromatic rings. The molecule has 0 saturated heterocycles. The second-order valence-corrected chi connectivity index (χ2v) is 9.42. The van der Waals surface area contributed by atoms with Gasteiger partial charge in [-0.25, -0.2) is 0 Å². The van der Waals surface area contributed by atoms with Crippen molar-refractivity contribution < 1.29 is 8.53 Å².